The fourth-order valence-corrected chi connectivity index (χ4v) is 6.72. The van der Waals surface area contributed by atoms with Crippen molar-refractivity contribution in [2.24, 2.45) is 23.2 Å². The van der Waals surface area contributed by atoms with Gasteiger partial charge in [0, 0.05) is 32.6 Å². The molecule has 5 aliphatic rings. The van der Waals surface area contributed by atoms with Crippen molar-refractivity contribution in [3.8, 4) is 0 Å². The van der Waals surface area contributed by atoms with Gasteiger partial charge in [-0.3, -0.25) is 9.59 Å². The predicted octanol–water partition coefficient (Wildman–Crippen LogP) is 2.79. The molecule has 5 rings (SSSR count). The maximum Gasteiger partial charge on any atom is 0.408 e. The van der Waals surface area contributed by atoms with E-state index in [0.717, 1.165) is 17.8 Å². The lowest BCUT2D eigenvalue weighted by Gasteiger charge is -2.57. The van der Waals surface area contributed by atoms with Crippen molar-refractivity contribution >= 4 is 17.9 Å². The Labute approximate surface area is 179 Å². The van der Waals surface area contributed by atoms with Crippen molar-refractivity contribution in [1.82, 2.24) is 15.1 Å². The summed E-state index contributed by atoms with van der Waals surface area (Å²) in [7, 11) is 0. The van der Waals surface area contributed by atoms with Crippen LogP contribution in [0.25, 0.3) is 0 Å². The molecular weight excluding hydrogens is 382 g/mol. The lowest BCUT2D eigenvalue weighted by molar-refractivity contribution is -0.144. The van der Waals surface area contributed by atoms with Crippen molar-refractivity contribution in [2.75, 3.05) is 32.7 Å². The predicted molar refractivity (Wildman–Crippen MR) is 113 cm³/mol. The monoisotopic (exact) mass is 419 g/mol. The first-order valence-corrected chi connectivity index (χ1v) is 11.6. The van der Waals surface area contributed by atoms with Crippen LogP contribution < -0.4 is 5.32 Å². The highest BCUT2D eigenvalue weighted by atomic mass is 16.6. The maximum absolute atomic E-state index is 13.1. The smallest absolute Gasteiger partial charge is 0.408 e. The molecule has 1 N–H and O–H groups in total. The Morgan fingerprint density at radius 2 is 1.33 bits per heavy atom. The molecule has 0 radical (unpaired) electrons. The van der Waals surface area contributed by atoms with Gasteiger partial charge in [0.05, 0.1) is 0 Å². The third-order valence-corrected chi connectivity index (χ3v) is 7.46. The summed E-state index contributed by atoms with van der Waals surface area (Å²) in [5.41, 5.74) is -0.327. The Morgan fingerprint density at radius 1 is 0.867 bits per heavy atom. The summed E-state index contributed by atoms with van der Waals surface area (Å²) in [5.74, 6) is 2.72. The lowest BCUT2D eigenvalue weighted by atomic mass is 9.49. The van der Waals surface area contributed by atoms with Crippen LogP contribution in [0, 0.1) is 23.2 Å². The van der Waals surface area contributed by atoms with Gasteiger partial charge in [0.2, 0.25) is 11.8 Å². The highest BCUT2D eigenvalue weighted by Crippen LogP contribution is 2.61. The molecule has 0 aromatic rings. The standard InChI is InChI=1S/C23H37N3O4/c1-22(2,3)30-21(29)24-15-20(28)26-6-4-25(5-7-26)19(27)14-23-11-16-8-17(12-23)10-18(9-16)13-23/h16-18H,4-15H2,1-3H3,(H,24,29). The van der Waals surface area contributed by atoms with Gasteiger partial charge in [-0.1, -0.05) is 0 Å². The summed E-state index contributed by atoms with van der Waals surface area (Å²) in [6, 6.07) is 0. The lowest BCUT2D eigenvalue weighted by Crippen LogP contribution is -2.54. The summed E-state index contributed by atoms with van der Waals surface area (Å²) in [6.07, 6.45) is 8.05. The molecule has 7 heteroatoms. The number of carbonyl (C=O) groups excluding carboxylic acids is 3. The van der Waals surface area contributed by atoms with Crippen LogP contribution in [0.1, 0.15) is 65.7 Å². The van der Waals surface area contributed by atoms with E-state index in [1.165, 1.54) is 38.5 Å². The van der Waals surface area contributed by atoms with Crippen LogP contribution in [0.5, 0.6) is 0 Å². The summed E-state index contributed by atoms with van der Waals surface area (Å²) in [6.45, 7) is 7.52. The molecule has 4 aliphatic carbocycles. The molecule has 0 unspecified atom stereocenters. The van der Waals surface area contributed by atoms with Gasteiger partial charge >= 0.3 is 6.09 Å². The number of nitrogens with zero attached hydrogens (tertiary/aromatic N) is 2. The Hall–Kier alpha value is -1.79. The van der Waals surface area contributed by atoms with Crippen LogP contribution in [-0.2, 0) is 14.3 Å². The first-order valence-electron chi connectivity index (χ1n) is 11.6. The number of ether oxygens (including phenoxy) is 1. The van der Waals surface area contributed by atoms with E-state index in [2.05, 4.69) is 5.32 Å². The highest BCUT2D eigenvalue weighted by Gasteiger charge is 2.51. The van der Waals surface area contributed by atoms with E-state index in [1.807, 2.05) is 4.90 Å². The van der Waals surface area contributed by atoms with Gasteiger partial charge in [0.25, 0.3) is 0 Å². The second-order valence-corrected chi connectivity index (χ2v) is 11.2. The topological polar surface area (TPSA) is 79.0 Å². The minimum atomic E-state index is -0.587. The third kappa shape index (κ3) is 4.92. The number of piperazine rings is 1. The van der Waals surface area contributed by atoms with E-state index in [4.69, 9.17) is 4.74 Å². The first-order chi connectivity index (χ1) is 14.1. The van der Waals surface area contributed by atoms with E-state index in [9.17, 15) is 14.4 Å². The first kappa shape index (κ1) is 21.4. The van der Waals surface area contributed by atoms with Crippen molar-refractivity contribution < 1.29 is 19.1 Å². The Bertz CT molecular complexity index is 656. The Morgan fingerprint density at radius 3 is 1.80 bits per heavy atom. The molecule has 30 heavy (non-hydrogen) atoms. The van der Waals surface area contributed by atoms with Crippen molar-refractivity contribution in [1.29, 1.82) is 0 Å². The number of amides is 3. The number of hydrogen-bond acceptors (Lipinski definition) is 4. The van der Waals surface area contributed by atoms with Gasteiger partial charge in [0.1, 0.15) is 12.1 Å². The molecule has 7 nitrogen and oxygen atoms in total. The van der Waals surface area contributed by atoms with Gasteiger partial charge in [-0.2, -0.15) is 0 Å². The third-order valence-electron chi connectivity index (χ3n) is 7.46. The quantitative estimate of drug-likeness (QED) is 0.760. The van der Waals surface area contributed by atoms with E-state index in [1.54, 1.807) is 25.7 Å². The van der Waals surface area contributed by atoms with Crippen LogP contribution in [0.15, 0.2) is 0 Å². The van der Waals surface area contributed by atoms with Gasteiger partial charge in [-0.25, -0.2) is 4.79 Å². The average Bonchev–Trinajstić information content (AvgIpc) is 2.63. The normalized spacial score (nSPS) is 32.8. The van der Waals surface area contributed by atoms with Gasteiger partial charge in [-0.05, 0) is 82.5 Å². The minimum Gasteiger partial charge on any atom is -0.444 e. The summed E-state index contributed by atoms with van der Waals surface area (Å²) in [4.78, 5) is 40.9. The van der Waals surface area contributed by atoms with Gasteiger partial charge in [0.15, 0.2) is 0 Å². The number of hydrogen-bond donors (Lipinski definition) is 1. The second-order valence-electron chi connectivity index (χ2n) is 11.2. The molecule has 4 bridgehead atoms. The molecule has 0 aromatic carbocycles. The van der Waals surface area contributed by atoms with Crippen molar-refractivity contribution in [3.63, 3.8) is 0 Å². The summed E-state index contributed by atoms with van der Waals surface area (Å²) < 4.78 is 5.17. The highest BCUT2D eigenvalue weighted by molar-refractivity contribution is 5.83. The molecule has 0 aromatic heterocycles. The van der Waals surface area contributed by atoms with Crippen LogP contribution in [0.4, 0.5) is 4.79 Å². The van der Waals surface area contributed by atoms with Crippen LogP contribution in [0.3, 0.4) is 0 Å². The fourth-order valence-electron chi connectivity index (χ4n) is 6.72. The minimum absolute atomic E-state index is 0.0733. The van der Waals surface area contributed by atoms with Crippen LogP contribution in [-0.4, -0.2) is 66.0 Å². The zero-order valence-corrected chi connectivity index (χ0v) is 18.7. The van der Waals surface area contributed by atoms with E-state index in [-0.39, 0.29) is 23.8 Å². The molecule has 1 saturated heterocycles. The SMILES string of the molecule is CC(C)(C)OC(=O)NCC(=O)N1CCN(C(=O)CC23CC4CC(CC(C4)C2)C3)CC1. The Kier molecular flexibility index (Phi) is 5.75. The second kappa shape index (κ2) is 8.04. The van der Waals surface area contributed by atoms with E-state index < -0.39 is 11.7 Å². The molecular formula is C23H37N3O4. The molecule has 1 heterocycles. The van der Waals surface area contributed by atoms with Crippen molar-refractivity contribution in [2.45, 2.75) is 71.3 Å². The van der Waals surface area contributed by atoms with Crippen LogP contribution >= 0.6 is 0 Å². The molecule has 4 saturated carbocycles. The average molecular weight is 420 g/mol. The molecule has 168 valence electrons. The van der Waals surface area contributed by atoms with E-state index >= 15 is 0 Å². The zero-order valence-electron chi connectivity index (χ0n) is 18.7. The van der Waals surface area contributed by atoms with Crippen molar-refractivity contribution in [3.05, 3.63) is 0 Å². The molecule has 5 fully saturated rings. The molecule has 0 spiro atoms. The number of alkyl carbamates (subject to hydrolysis) is 1. The zero-order chi connectivity index (χ0) is 21.5. The largest absolute Gasteiger partial charge is 0.444 e. The van der Waals surface area contributed by atoms with Gasteiger partial charge < -0.3 is 19.9 Å². The fraction of sp³-hybridized carbons (Fsp3) is 0.870. The number of nitrogens with one attached hydrogen (secondary N) is 1. The molecule has 1 aliphatic heterocycles. The summed E-state index contributed by atoms with van der Waals surface area (Å²) >= 11 is 0. The van der Waals surface area contributed by atoms with Crippen LogP contribution in [0.2, 0.25) is 0 Å². The Balaban J connectivity index is 1.21. The number of carbonyl (C=O) groups is 3. The maximum atomic E-state index is 13.1. The number of rotatable bonds is 4. The van der Waals surface area contributed by atoms with E-state index in [0.29, 0.717) is 32.6 Å². The molecule has 0 atom stereocenters. The summed E-state index contributed by atoms with van der Waals surface area (Å²) in [5, 5.41) is 2.52. The molecule has 3 amide bonds. The van der Waals surface area contributed by atoms with Gasteiger partial charge in [-0.15, -0.1) is 0 Å².